The minimum Gasteiger partial charge on any atom is -0.491 e. The third kappa shape index (κ3) is 4.71. The number of likely N-dealkylation sites (N-methyl/N-ethyl adjacent to an activating group) is 1. The summed E-state index contributed by atoms with van der Waals surface area (Å²) in [5, 5.41) is 12.0. The fourth-order valence-corrected chi connectivity index (χ4v) is 4.51. The molecule has 8 nitrogen and oxygen atoms in total. The Kier molecular flexibility index (Phi) is 6.39. The van der Waals surface area contributed by atoms with E-state index in [4.69, 9.17) is 9.84 Å². The number of ether oxygens (including phenoxy) is 1. The third-order valence-corrected chi connectivity index (χ3v) is 6.37. The van der Waals surface area contributed by atoms with Gasteiger partial charge in [-0.2, -0.15) is 0 Å². The Balaban J connectivity index is 1.45. The van der Waals surface area contributed by atoms with E-state index in [1.54, 1.807) is 18.3 Å². The van der Waals surface area contributed by atoms with Crippen molar-refractivity contribution in [2.75, 3.05) is 51.8 Å². The van der Waals surface area contributed by atoms with Gasteiger partial charge in [0.2, 0.25) is 0 Å². The Bertz CT molecular complexity index is 1290. The number of benzene rings is 2. The number of hydrogen-bond acceptors (Lipinski definition) is 5. The number of hydrogen-bond donors (Lipinski definition) is 3. The van der Waals surface area contributed by atoms with E-state index in [0.29, 0.717) is 35.7 Å². The minimum absolute atomic E-state index is 0.00402. The number of H-pyrrole nitrogens is 1. The van der Waals surface area contributed by atoms with Gasteiger partial charge in [-0.05, 0) is 48.5 Å². The van der Waals surface area contributed by atoms with E-state index in [0.717, 1.165) is 35.5 Å². The molecule has 1 fully saturated rings. The van der Waals surface area contributed by atoms with Crippen LogP contribution in [0, 0.1) is 0 Å². The van der Waals surface area contributed by atoms with Crippen LogP contribution in [0.5, 0.6) is 5.75 Å². The van der Waals surface area contributed by atoms with Crippen LogP contribution in [0.3, 0.4) is 0 Å². The van der Waals surface area contributed by atoms with Crippen LogP contribution in [0.2, 0.25) is 0 Å². The first kappa shape index (κ1) is 22.9. The van der Waals surface area contributed by atoms with Crippen LogP contribution in [0.25, 0.3) is 22.8 Å². The molecule has 8 heteroatoms. The van der Waals surface area contributed by atoms with Gasteiger partial charge in [-0.25, -0.2) is 0 Å². The van der Waals surface area contributed by atoms with Gasteiger partial charge in [0, 0.05) is 49.3 Å². The molecule has 1 saturated heterocycles. The van der Waals surface area contributed by atoms with E-state index in [1.807, 2.05) is 47.4 Å². The van der Waals surface area contributed by atoms with Crippen LogP contribution in [-0.2, 0) is 4.79 Å². The molecule has 2 amide bonds. The van der Waals surface area contributed by atoms with Crippen molar-refractivity contribution in [2.24, 2.45) is 0 Å². The van der Waals surface area contributed by atoms with Gasteiger partial charge in [0.05, 0.1) is 17.7 Å². The molecule has 0 radical (unpaired) electrons. The fraction of sp³-hybridized carbons (Fsp3) is 0.259. The number of nitrogens with zero attached hydrogens (tertiary/aromatic N) is 2. The molecule has 0 unspecified atom stereocenters. The highest BCUT2D eigenvalue weighted by Gasteiger charge is 2.28. The summed E-state index contributed by atoms with van der Waals surface area (Å²) in [5.41, 5.74) is 5.13. The molecule has 0 aliphatic carbocycles. The van der Waals surface area contributed by atoms with Crippen LogP contribution in [-0.4, -0.2) is 78.1 Å². The standard InChI is InChI=1S/C27H28N4O4/c1-30-8-10-31(11-9-30)27(34)19-14-20(28-17-19)16-23-25-22(6-3-7-24(25)29-26(23)33)18-4-2-5-21(15-18)35-13-12-32/h2-7,14-17,28,32H,8-13H2,1H3,(H,29,33)/b23-16-. The topological polar surface area (TPSA) is 97.9 Å². The van der Waals surface area contributed by atoms with Crippen molar-refractivity contribution in [2.45, 2.75) is 0 Å². The van der Waals surface area contributed by atoms with Crippen molar-refractivity contribution in [3.63, 3.8) is 0 Å². The largest absolute Gasteiger partial charge is 0.491 e. The highest BCUT2D eigenvalue weighted by molar-refractivity contribution is 6.36. The Morgan fingerprint density at radius 2 is 1.91 bits per heavy atom. The number of nitrogens with one attached hydrogen (secondary N) is 2. The molecule has 180 valence electrons. The number of rotatable bonds is 6. The van der Waals surface area contributed by atoms with Crippen molar-refractivity contribution < 1.29 is 19.4 Å². The predicted molar refractivity (Wildman–Crippen MR) is 135 cm³/mol. The highest BCUT2D eigenvalue weighted by Crippen LogP contribution is 2.41. The summed E-state index contributed by atoms with van der Waals surface area (Å²) in [7, 11) is 2.06. The average Bonchev–Trinajstić information content (AvgIpc) is 3.47. The molecule has 5 rings (SSSR count). The van der Waals surface area contributed by atoms with Crippen molar-refractivity contribution in [3.8, 4) is 16.9 Å². The molecule has 2 aromatic carbocycles. The molecule has 35 heavy (non-hydrogen) atoms. The van der Waals surface area contributed by atoms with Crippen molar-refractivity contribution in [3.05, 3.63) is 71.5 Å². The maximum absolute atomic E-state index is 12.9. The average molecular weight is 473 g/mol. The Hall–Kier alpha value is -3.88. The van der Waals surface area contributed by atoms with E-state index in [-0.39, 0.29) is 25.0 Å². The summed E-state index contributed by atoms with van der Waals surface area (Å²) in [5.74, 6) is 0.450. The van der Waals surface area contributed by atoms with Gasteiger partial charge >= 0.3 is 0 Å². The molecular weight excluding hydrogens is 444 g/mol. The number of aliphatic hydroxyl groups is 1. The third-order valence-electron chi connectivity index (χ3n) is 6.37. The number of aliphatic hydroxyl groups excluding tert-OH is 1. The number of anilines is 1. The van der Waals surface area contributed by atoms with Crippen molar-refractivity contribution >= 4 is 29.2 Å². The molecular formula is C27H28N4O4. The second-order valence-corrected chi connectivity index (χ2v) is 8.78. The van der Waals surface area contributed by atoms with Gasteiger partial charge < -0.3 is 29.9 Å². The predicted octanol–water partition coefficient (Wildman–Crippen LogP) is 2.93. The maximum atomic E-state index is 12.9. The van der Waals surface area contributed by atoms with Crippen LogP contribution >= 0.6 is 0 Å². The monoisotopic (exact) mass is 472 g/mol. The fourth-order valence-electron chi connectivity index (χ4n) is 4.51. The van der Waals surface area contributed by atoms with Crippen LogP contribution in [0.4, 0.5) is 5.69 Å². The quantitative estimate of drug-likeness (QED) is 0.480. The molecule has 2 aliphatic rings. The molecule has 3 heterocycles. The van der Waals surface area contributed by atoms with Crippen LogP contribution in [0.1, 0.15) is 21.6 Å². The van der Waals surface area contributed by atoms with E-state index in [9.17, 15) is 9.59 Å². The second-order valence-electron chi connectivity index (χ2n) is 8.78. The summed E-state index contributed by atoms with van der Waals surface area (Å²) >= 11 is 0. The molecule has 1 aromatic heterocycles. The van der Waals surface area contributed by atoms with Gasteiger partial charge in [0.15, 0.2) is 0 Å². The Morgan fingerprint density at radius 1 is 1.11 bits per heavy atom. The maximum Gasteiger partial charge on any atom is 0.256 e. The zero-order valence-corrected chi connectivity index (χ0v) is 19.6. The molecule has 0 bridgehead atoms. The lowest BCUT2D eigenvalue weighted by atomic mass is 9.94. The normalized spacial score (nSPS) is 16.9. The number of carbonyl (C=O) groups excluding carboxylic acids is 2. The molecule has 0 spiro atoms. The lowest BCUT2D eigenvalue weighted by Gasteiger charge is -2.32. The van der Waals surface area contributed by atoms with Gasteiger partial charge in [-0.1, -0.05) is 24.3 Å². The van der Waals surface area contributed by atoms with E-state index < -0.39 is 0 Å². The summed E-state index contributed by atoms with van der Waals surface area (Å²) in [6.45, 7) is 3.28. The molecule has 3 N–H and O–H groups in total. The van der Waals surface area contributed by atoms with Gasteiger partial charge in [0.25, 0.3) is 11.8 Å². The zero-order valence-electron chi connectivity index (χ0n) is 19.6. The number of carbonyl (C=O) groups is 2. The number of aromatic nitrogens is 1. The molecule has 3 aromatic rings. The van der Waals surface area contributed by atoms with Crippen LogP contribution in [0.15, 0.2) is 54.7 Å². The van der Waals surface area contributed by atoms with Gasteiger partial charge in [0.1, 0.15) is 12.4 Å². The Labute approximate surface area is 203 Å². The number of piperazine rings is 1. The summed E-state index contributed by atoms with van der Waals surface area (Å²) < 4.78 is 5.57. The second kappa shape index (κ2) is 9.77. The molecule has 2 aliphatic heterocycles. The smallest absolute Gasteiger partial charge is 0.256 e. The van der Waals surface area contributed by atoms with Gasteiger partial charge in [-0.15, -0.1) is 0 Å². The lowest BCUT2D eigenvalue weighted by Crippen LogP contribution is -2.47. The molecule has 0 saturated carbocycles. The lowest BCUT2D eigenvalue weighted by molar-refractivity contribution is -0.110. The highest BCUT2D eigenvalue weighted by atomic mass is 16.5. The summed E-state index contributed by atoms with van der Waals surface area (Å²) in [6, 6.07) is 15.1. The summed E-state index contributed by atoms with van der Waals surface area (Å²) in [6.07, 6.45) is 3.49. The first-order chi connectivity index (χ1) is 17.0. The minimum atomic E-state index is -0.193. The van der Waals surface area contributed by atoms with E-state index in [2.05, 4.69) is 22.2 Å². The van der Waals surface area contributed by atoms with E-state index in [1.165, 1.54) is 0 Å². The van der Waals surface area contributed by atoms with E-state index >= 15 is 0 Å². The first-order valence-corrected chi connectivity index (χ1v) is 11.7. The zero-order chi connectivity index (χ0) is 24.4. The Morgan fingerprint density at radius 3 is 2.71 bits per heavy atom. The summed E-state index contributed by atoms with van der Waals surface area (Å²) in [4.78, 5) is 33.1. The number of aromatic amines is 1. The van der Waals surface area contributed by atoms with Gasteiger partial charge in [-0.3, -0.25) is 9.59 Å². The number of fused-ring (bicyclic) bond motifs is 1. The SMILES string of the molecule is CN1CCN(C(=O)c2c[nH]c(/C=C3\C(=O)Nc4cccc(-c5cccc(OCCO)c5)c43)c2)CC1. The number of amides is 2. The molecule has 0 atom stereocenters. The first-order valence-electron chi connectivity index (χ1n) is 11.7. The van der Waals surface area contributed by atoms with Crippen LogP contribution < -0.4 is 10.1 Å². The van der Waals surface area contributed by atoms with Crippen molar-refractivity contribution in [1.82, 2.24) is 14.8 Å². The van der Waals surface area contributed by atoms with Crippen molar-refractivity contribution in [1.29, 1.82) is 0 Å².